The van der Waals surface area contributed by atoms with E-state index in [1.54, 1.807) is 0 Å². The third kappa shape index (κ3) is 3.26. The van der Waals surface area contributed by atoms with Gasteiger partial charge in [-0.1, -0.05) is 11.6 Å². The van der Waals surface area contributed by atoms with Crippen LogP contribution in [0.2, 0.25) is 5.02 Å². The molecule has 0 bridgehead atoms. The maximum atomic E-state index is 5.94. The van der Waals surface area contributed by atoms with Gasteiger partial charge in [0.15, 0.2) is 5.11 Å². The number of thiocarbonyl (C=S) groups is 1. The van der Waals surface area contributed by atoms with Crippen LogP contribution in [0.15, 0.2) is 18.2 Å². The Balaban J connectivity index is 2.83. The van der Waals surface area contributed by atoms with Crippen LogP contribution in [0.1, 0.15) is 0 Å². The lowest BCUT2D eigenvalue weighted by atomic mass is 10.3. The molecule has 6 heteroatoms. The number of anilines is 1. The molecular formula is C7H7ClIN3S. The maximum absolute atomic E-state index is 5.94. The first-order valence-electron chi connectivity index (χ1n) is 3.36. The zero-order valence-corrected chi connectivity index (χ0v) is 10.2. The van der Waals surface area contributed by atoms with Gasteiger partial charge in [-0.15, -0.1) is 0 Å². The van der Waals surface area contributed by atoms with Gasteiger partial charge < -0.3 is 10.7 Å². The average molecular weight is 328 g/mol. The molecule has 4 N–H and O–H groups in total. The molecule has 0 aliphatic rings. The molecule has 1 aromatic rings. The molecule has 1 aromatic carbocycles. The highest BCUT2D eigenvalue weighted by atomic mass is 127. The van der Waals surface area contributed by atoms with E-state index in [0.29, 0.717) is 10.1 Å². The first kappa shape index (κ1) is 11.0. The van der Waals surface area contributed by atoms with E-state index < -0.39 is 0 Å². The molecule has 0 amide bonds. The lowest BCUT2D eigenvalue weighted by Gasteiger charge is -2.08. The van der Waals surface area contributed by atoms with Gasteiger partial charge in [-0.3, -0.25) is 0 Å². The van der Waals surface area contributed by atoms with E-state index in [2.05, 4.69) is 33.3 Å². The van der Waals surface area contributed by atoms with Crippen molar-refractivity contribution in [1.29, 1.82) is 0 Å². The van der Waals surface area contributed by atoms with E-state index in [1.165, 1.54) is 0 Å². The summed E-state index contributed by atoms with van der Waals surface area (Å²) in [7, 11) is 0. The summed E-state index contributed by atoms with van der Waals surface area (Å²) < 4.78 is 1.07. The second kappa shape index (κ2) is 4.94. The van der Waals surface area contributed by atoms with Crippen molar-refractivity contribution in [2.24, 2.45) is 5.84 Å². The summed E-state index contributed by atoms with van der Waals surface area (Å²) in [6.45, 7) is 0. The molecule has 3 nitrogen and oxygen atoms in total. The number of benzene rings is 1. The van der Waals surface area contributed by atoms with E-state index in [-0.39, 0.29) is 0 Å². The van der Waals surface area contributed by atoms with Gasteiger partial charge in [0.25, 0.3) is 0 Å². The van der Waals surface area contributed by atoms with Gasteiger partial charge in [-0.2, -0.15) is 0 Å². The van der Waals surface area contributed by atoms with Crippen LogP contribution in [0.25, 0.3) is 0 Å². The summed E-state index contributed by atoms with van der Waals surface area (Å²) >= 11 is 12.9. The fraction of sp³-hybridized carbons (Fsp3) is 0. The highest BCUT2D eigenvalue weighted by Gasteiger charge is 2.01. The summed E-state index contributed by atoms with van der Waals surface area (Å²) in [5.41, 5.74) is 3.06. The van der Waals surface area contributed by atoms with Crippen molar-refractivity contribution in [2.75, 3.05) is 5.32 Å². The fourth-order valence-corrected chi connectivity index (χ4v) is 1.76. The largest absolute Gasteiger partial charge is 0.330 e. The zero-order chi connectivity index (χ0) is 9.84. The molecular weight excluding hydrogens is 321 g/mol. The molecule has 0 unspecified atom stereocenters. The lowest BCUT2D eigenvalue weighted by molar-refractivity contribution is 1.04. The van der Waals surface area contributed by atoms with Crippen LogP contribution in [-0.2, 0) is 0 Å². The average Bonchev–Trinajstić information content (AvgIpc) is 2.09. The van der Waals surface area contributed by atoms with Gasteiger partial charge in [0.2, 0.25) is 0 Å². The van der Waals surface area contributed by atoms with Crippen molar-refractivity contribution in [3.05, 3.63) is 26.8 Å². The first-order chi connectivity index (χ1) is 6.13. The third-order valence-electron chi connectivity index (χ3n) is 1.31. The number of rotatable bonds is 1. The molecule has 0 fully saturated rings. The van der Waals surface area contributed by atoms with Gasteiger partial charge >= 0.3 is 0 Å². The SMILES string of the molecule is NNC(=S)Nc1ccc(I)cc1Cl. The molecule has 13 heavy (non-hydrogen) atoms. The number of nitrogens with one attached hydrogen (secondary N) is 2. The number of hydrogen-bond acceptors (Lipinski definition) is 2. The van der Waals surface area contributed by atoms with Gasteiger partial charge in [0.05, 0.1) is 10.7 Å². The van der Waals surface area contributed by atoms with Crippen LogP contribution >= 0.6 is 46.4 Å². The molecule has 0 saturated heterocycles. The minimum absolute atomic E-state index is 0.336. The van der Waals surface area contributed by atoms with Gasteiger partial charge in [-0.25, -0.2) is 5.84 Å². The minimum Gasteiger partial charge on any atom is -0.330 e. The Hall–Kier alpha value is -0.110. The molecule has 0 atom stereocenters. The molecule has 0 saturated carbocycles. The summed E-state index contributed by atoms with van der Waals surface area (Å²) in [5, 5.41) is 3.80. The maximum Gasteiger partial charge on any atom is 0.185 e. The summed E-state index contributed by atoms with van der Waals surface area (Å²) in [6.07, 6.45) is 0. The Bertz CT molecular complexity index is 332. The van der Waals surface area contributed by atoms with Gasteiger partial charge in [0.1, 0.15) is 0 Å². The van der Waals surface area contributed by atoms with Gasteiger partial charge in [-0.05, 0) is 53.0 Å². The topological polar surface area (TPSA) is 50.1 Å². The van der Waals surface area contributed by atoms with Crippen molar-refractivity contribution in [1.82, 2.24) is 5.43 Å². The zero-order valence-electron chi connectivity index (χ0n) is 6.47. The summed E-state index contributed by atoms with van der Waals surface area (Å²) in [5.74, 6) is 5.10. The predicted octanol–water partition coefficient (Wildman–Crippen LogP) is 2.10. The highest BCUT2D eigenvalue weighted by Crippen LogP contribution is 2.23. The van der Waals surface area contributed by atoms with Crippen molar-refractivity contribution >= 4 is 57.2 Å². The Morgan fingerprint density at radius 2 is 2.23 bits per heavy atom. The number of halogens is 2. The Morgan fingerprint density at radius 3 is 2.77 bits per heavy atom. The van der Waals surface area contributed by atoms with Crippen LogP contribution in [0.3, 0.4) is 0 Å². The standard InChI is InChI=1S/C7H7ClIN3S/c8-5-3-4(9)1-2-6(5)11-7(13)12-10/h1-3H,10H2,(H2,11,12,13). The Kier molecular flexibility index (Phi) is 4.17. The first-order valence-corrected chi connectivity index (χ1v) is 5.22. The van der Waals surface area contributed by atoms with Crippen molar-refractivity contribution in [2.45, 2.75) is 0 Å². The molecule has 0 radical (unpaired) electrons. The van der Waals surface area contributed by atoms with Crippen LogP contribution < -0.4 is 16.6 Å². The monoisotopic (exact) mass is 327 g/mol. The van der Waals surface area contributed by atoms with E-state index in [0.717, 1.165) is 9.26 Å². The minimum atomic E-state index is 0.336. The van der Waals surface area contributed by atoms with Crippen molar-refractivity contribution < 1.29 is 0 Å². The molecule has 0 spiro atoms. The molecule has 0 aliphatic carbocycles. The Labute approximate surface area is 100 Å². The fourth-order valence-electron chi connectivity index (χ4n) is 0.749. The van der Waals surface area contributed by atoms with Crippen LogP contribution in [-0.4, -0.2) is 5.11 Å². The molecule has 1 rings (SSSR count). The van der Waals surface area contributed by atoms with Crippen molar-refractivity contribution in [3.63, 3.8) is 0 Å². The molecule has 0 aromatic heterocycles. The van der Waals surface area contributed by atoms with E-state index >= 15 is 0 Å². The number of nitrogens with two attached hydrogens (primary N) is 1. The molecule has 0 heterocycles. The summed E-state index contributed by atoms with van der Waals surface area (Å²) in [4.78, 5) is 0. The smallest absolute Gasteiger partial charge is 0.185 e. The second-order valence-electron chi connectivity index (χ2n) is 2.22. The van der Waals surface area contributed by atoms with E-state index in [1.807, 2.05) is 18.2 Å². The van der Waals surface area contributed by atoms with Crippen LogP contribution in [0.4, 0.5) is 5.69 Å². The molecule has 0 aliphatic heterocycles. The van der Waals surface area contributed by atoms with E-state index in [9.17, 15) is 0 Å². The van der Waals surface area contributed by atoms with E-state index in [4.69, 9.17) is 29.7 Å². The highest BCUT2D eigenvalue weighted by molar-refractivity contribution is 14.1. The normalized spacial score (nSPS) is 9.46. The third-order valence-corrected chi connectivity index (χ3v) is 2.51. The van der Waals surface area contributed by atoms with Gasteiger partial charge in [0, 0.05) is 3.57 Å². The Morgan fingerprint density at radius 1 is 1.54 bits per heavy atom. The van der Waals surface area contributed by atoms with Crippen molar-refractivity contribution in [3.8, 4) is 0 Å². The second-order valence-corrected chi connectivity index (χ2v) is 4.28. The number of hydrazine groups is 1. The molecule has 70 valence electrons. The summed E-state index contributed by atoms with van der Waals surface area (Å²) in [6, 6.07) is 5.60. The van der Waals surface area contributed by atoms with Crippen LogP contribution in [0.5, 0.6) is 0 Å². The lowest BCUT2D eigenvalue weighted by Crippen LogP contribution is -2.34. The number of hydrogen-bond donors (Lipinski definition) is 3. The van der Waals surface area contributed by atoms with Crippen LogP contribution in [0, 0.1) is 3.57 Å². The quantitative estimate of drug-likeness (QED) is 0.320. The predicted molar refractivity (Wildman–Crippen MR) is 67.7 cm³/mol.